The van der Waals surface area contributed by atoms with Crippen LogP contribution in [0, 0.1) is 0 Å². The summed E-state index contributed by atoms with van der Waals surface area (Å²) >= 11 is 0. The van der Waals surface area contributed by atoms with E-state index in [9.17, 15) is 4.79 Å². The molecule has 9 heteroatoms. The number of hydrogen-bond donors (Lipinski definition) is 1. The Balaban J connectivity index is 0.00000341. The number of amides is 1. The molecule has 1 atom stereocenters. The van der Waals surface area contributed by atoms with E-state index in [-0.39, 0.29) is 35.9 Å². The van der Waals surface area contributed by atoms with Gasteiger partial charge in [-0.05, 0) is 32.3 Å². The number of pyridine rings is 1. The number of rotatable bonds is 7. The predicted molar refractivity (Wildman–Crippen MR) is 134 cm³/mol. The van der Waals surface area contributed by atoms with E-state index in [1.807, 2.05) is 31.0 Å². The SMILES string of the molecule is CCCOc1ncccc1CNC(=NC)N1CCN(C(C)C(=O)N2CCCC2)CC1.I. The summed E-state index contributed by atoms with van der Waals surface area (Å²) in [7, 11) is 1.81. The molecule has 2 saturated heterocycles. The molecule has 2 aliphatic rings. The molecule has 1 amide bonds. The summed E-state index contributed by atoms with van der Waals surface area (Å²) in [5.41, 5.74) is 1.02. The fraction of sp³-hybridized carbons (Fsp3) is 0.682. The summed E-state index contributed by atoms with van der Waals surface area (Å²) in [6.45, 7) is 10.7. The maximum absolute atomic E-state index is 12.7. The van der Waals surface area contributed by atoms with Crippen LogP contribution >= 0.6 is 24.0 Å². The number of carbonyl (C=O) groups excluding carboxylic acids is 1. The highest BCUT2D eigenvalue weighted by Gasteiger charge is 2.30. The quantitative estimate of drug-likeness (QED) is 0.323. The molecule has 0 saturated carbocycles. The van der Waals surface area contributed by atoms with Gasteiger partial charge in [-0.3, -0.25) is 14.7 Å². The van der Waals surface area contributed by atoms with Crippen molar-refractivity contribution in [2.24, 2.45) is 4.99 Å². The average Bonchev–Trinajstić information content (AvgIpc) is 3.33. The van der Waals surface area contributed by atoms with Crippen molar-refractivity contribution in [3.63, 3.8) is 0 Å². The third-order valence-electron chi connectivity index (χ3n) is 5.88. The first-order valence-corrected chi connectivity index (χ1v) is 11.2. The van der Waals surface area contributed by atoms with E-state index in [0.717, 1.165) is 70.1 Å². The van der Waals surface area contributed by atoms with Crippen LogP contribution in [0.2, 0.25) is 0 Å². The molecular weight excluding hydrogens is 507 g/mol. The number of carbonyl (C=O) groups is 1. The minimum absolute atomic E-state index is 0. The second-order valence-electron chi connectivity index (χ2n) is 7.95. The lowest BCUT2D eigenvalue weighted by Gasteiger charge is -2.39. The van der Waals surface area contributed by atoms with E-state index in [2.05, 4.69) is 32.0 Å². The van der Waals surface area contributed by atoms with Crippen molar-refractivity contribution in [3.8, 4) is 5.88 Å². The monoisotopic (exact) mass is 544 g/mol. The van der Waals surface area contributed by atoms with Gasteiger partial charge >= 0.3 is 0 Å². The van der Waals surface area contributed by atoms with Gasteiger partial charge in [-0.1, -0.05) is 13.0 Å². The Morgan fingerprint density at radius 3 is 2.55 bits per heavy atom. The normalized spacial score (nSPS) is 18.5. The van der Waals surface area contributed by atoms with Crippen molar-refractivity contribution in [1.82, 2.24) is 25.0 Å². The van der Waals surface area contributed by atoms with Gasteiger partial charge in [0.1, 0.15) is 0 Å². The summed E-state index contributed by atoms with van der Waals surface area (Å²) in [6.07, 6.45) is 4.98. The lowest BCUT2D eigenvalue weighted by molar-refractivity contribution is -0.135. The van der Waals surface area contributed by atoms with Crippen LogP contribution in [0.1, 0.15) is 38.7 Å². The van der Waals surface area contributed by atoms with Crippen molar-refractivity contribution in [3.05, 3.63) is 23.9 Å². The van der Waals surface area contributed by atoms with Gasteiger partial charge < -0.3 is 19.9 Å². The molecule has 2 aliphatic heterocycles. The first-order chi connectivity index (χ1) is 14.6. The zero-order chi connectivity index (χ0) is 21.3. The number of nitrogens with zero attached hydrogens (tertiary/aromatic N) is 5. The maximum atomic E-state index is 12.7. The van der Waals surface area contributed by atoms with Crippen LogP contribution in [0.25, 0.3) is 0 Å². The molecule has 8 nitrogen and oxygen atoms in total. The van der Waals surface area contributed by atoms with Gasteiger partial charge in [-0.25, -0.2) is 4.98 Å². The van der Waals surface area contributed by atoms with Crippen LogP contribution < -0.4 is 10.1 Å². The molecule has 0 bridgehead atoms. The molecular formula is C22H37IN6O2. The average molecular weight is 544 g/mol. The Morgan fingerprint density at radius 1 is 1.19 bits per heavy atom. The highest BCUT2D eigenvalue weighted by atomic mass is 127. The van der Waals surface area contributed by atoms with E-state index in [0.29, 0.717) is 19.0 Å². The fourth-order valence-electron chi connectivity index (χ4n) is 4.07. The molecule has 2 fully saturated rings. The van der Waals surface area contributed by atoms with Gasteiger partial charge in [0.25, 0.3) is 0 Å². The molecule has 0 aliphatic carbocycles. The molecule has 1 unspecified atom stereocenters. The molecule has 3 heterocycles. The molecule has 174 valence electrons. The number of piperazine rings is 1. The number of halogens is 1. The smallest absolute Gasteiger partial charge is 0.239 e. The molecule has 1 aromatic rings. The number of nitrogens with one attached hydrogen (secondary N) is 1. The Bertz CT molecular complexity index is 718. The zero-order valence-electron chi connectivity index (χ0n) is 19.0. The van der Waals surface area contributed by atoms with Gasteiger partial charge in [0.15, 0.2) is 5.96 Å². The van der Waals surface area contributed by atoms with E-state index >= 15 is 0 Å². The van der Waals surface area contributed by atoms with Gasteiger partial charge in [0.05, 0.1) is 12.6 Å². The zero-order valence-corrected chi connectivity index (χ0v) is 21.4. The number of aromatic nitrogens is 1. The minimum Gasteiger partial charge on any atom is -0.477 e. The summed E-state index contributed by atoms with van der Waals surface area (Å²) in [5.74, 6) is 1.83. The van der Waals surface area contributed by atoms with Gasteiger partial charge in [-0.2, -0.15) is 0 Å². The van der Waals surface area contributed by atoms with Crippen molar-refractivity contribution >= 4 is 35.8 Å². The molecule has 3 rings (SSSR count). The molecule has 0 spiro atoms. The highest BCUT2D eigenvalue weighted by Crippen LogP contribution is 2.16. The second-order valence-corrected chi connectivity index (χ2v) is 7.95. The Hall–Kier alpha value is -1.62. The van der Waals surface area contributed by atoms with Crippen LogP contribution in [0.5, 0.6) is 5.88 Å². The van der Waals surface area contributed by atoms with Crippen LogP contribution in [-0.2, 0) is 11.3 Å². The molecule has 1 N–H and O–H groups in total. The third kappa shape index (κ3) is 6.93. The number of ether oxygens (including phenoxy) is 1. The van der Waals surface area contributed by atoms with Crippen LogP contribution in [-0.4, -0.2) is 90.5 Å². The maximum Gasteiger partial charge on any atom is 0.239 e. The molecule has 0 radical (unpaired) electrons. The van der Waals surface area contributed by atoms with Crippen LogP contribution in [0.4, 0.5) is 0 Å². The lowest BCUT2D eigenvalue weighted by atomic mass is 10.2. The second kappa shape index (κ2) is 13.0. The number of hydrogen-bond acceptors (Lipinski definition) is 5. The van der Waals surface area contributed by atoms with E-state index < -0.39 is 0 Å². The summed E-state index contributed by atoms with van der Waals surface area (Å²) in [6, 6.07) is 3.91. The Morgan fingerprint density at radius 2 is 1.90 bits per heavy atom. The Labute approximate surface area is 203 Å². The van der Waals surface area contributed by atoms with Crippen LogP contribution in [0.3, 0.4) is 0 Å². The molecule has 31 heavy (non-hydrogen) atoms. The van der Waals surface area contributed by atoms with Crippen molar-refractivity contribution < 1.29 is 9.53 Å². The van der Waals surface area contributed by atoms with E-state index in [1.54, 1.807) is 6.20 Å². The highest BCUT2D eigenvalue weighted by molar-refractivity contribution is 14.0. The standard InChI is InChI=1S/C22H36N6O2.HI/c1-4-16-30-20-19(8-7-9-24-20)17-25-22(23-3)28-14-12-26(13-15-28)18(2)21(29)27-10-5-6-11-27;/h7-9,18H,4-6,10-17H2,1-3H3,(H,23,25);1H. The number of aliphatic imine (C=N–C) groups is 1. The van der Waals surface area contributed by atoms with Gasteiger partial charge in [-0.15, -0.1) is 24.0 Å². The van der Waals surface area contributed by atoms with Crippen molar-refractivity contribution in [1.29, 1.82) is 0 Å². The topological polar surface area (TPSA) is 73.3 Å². The van der Waals surface area contributed by atoms with Gasteiger partial charge in [0, 0.05) is 64.6 Å². The first-order valence-electron chi connectivity index (χ1n) is 11.2. The summed E-state index contributed by atoms with van der Waals surface area (Å²) in [4.78, 5) is 28.1. The number of guanidine groups is 1. The summed E-state index contributed by atoms with van der Waals surface area (Å²) in [5, 5.41) is 3.45. The van der Waals surface area contributed by atoms with Crippen LogP contribution in [0.15, 0.2) is 23.3 Å². The van der Waals surface area contributed by atoms with E-state index in [4.69, 9.17) is 4.74 Å². The third-order valence-corrected chi connectivity index (χ3v) is 5.88. The predicted octanol–water partition coefficient (Wildman–Crippen LogP) is 2.19. The minimum atomic E-state index is -0.0473. The Kier molecular flexibility index (Phi) is 10.8. The molecule has 1 aromatic heterocycles. The largest absolute Gasteiger partial charge is 0.477 e. The number of likely N-dealkylation sites (tertiary alicyclic amines) is 1. The molecule has 0 aromatic carbocycles. The van der Waals surface area contributed by atoms with E-state index in [1.165, 1.54) is 0 Å². The summed E-state index contributed by atoms with van der Waals surface area (Å²) < 4.78 is 5.76. The van der Waals surface area contributed by atoms with Crippen molar-refractivity contribution in [2.75, 3.05) is 52.9 Å². The first kappa shape index (κ1) is 25.6. The van der Waals surface area contributed by atoms with Crippen molar-refractivity contribution in [2.45, 2.75) is 45.7 Å². The lowest BCUT2D eigenvalue weighted by Crippen LogP contribution is -2.57. The fourth-order valence-corrected chi connectivity index (χ4v) is 4.07. The van der Waals surface area contributed by atoms with Gasteiger partial charge in [0.2, 0.25) is 11.8 Å².